The molecule has 0 bridgehead atoms. The van der Waals surface area contributed by atoms with E-state index in [4.69, 9.17) is 4.74 Å². The molecule has 6 heteroatoms. The van der Waals surface area contributed by atoms with Crippen LogP contribution >= 0.6 is 0 Å². The van der Waals surface area contributed by atoms with Crippen LogP contribution in [0.5, 0.6) is 5.75 Å². The summed E-state index contributed by atoms with van der Waals surface area (Å²) in [6.07, 6.45) is 2.49. The standard InChI is InChI=1S/C20H24N2O4/c1-3-13-26-19-9-5-4-7-16(19)8-6-12-21-20(23)17-11-10-15(2)18(14-17)22(24)25/h4-5,7,9-11,14H,3,6,8,12-13H2,1-2H3,(H,21,23). The number of carbonyl (C=O) groups is 1. The Hall–Kier alpha value is -2.89. The smallest absolute Gasteiger partial charge is 0.273 e. The van der Waals surface area contributed by atoms with Crippen LogP contribution in [-0.2, 0) is 6.42 Å². The third-order valence-corrected chi connectivity index (χ3v) is 4.01. The second-order valence-corrected chi connectivity index (χ2v) is 6.07. The van der Waals surface area contributed by atoms with E-state index < -0.39 is 4.92 Å². The van der Waals surface area contributed by atoms with E-state index in [0.717, 1.165) is 30.6 Å². The van der Waals surface area contributed by atoms with E-state index >= 15 is 0 Å². The number of nitrogens with one attached hydrogen (secondary N) is 1. The first-order valence-corrected chi connectivity index (χ1v) is 8.77. The molecule has 0 aromatic heterocycles. The summed E-state index contributed by atoms with van der Waals surface area (Å²) in [6.45, 7) is 4.88. The lowest BCUT2D eigenvalue weighted by atomic mass is 10.1. The van der Waals surface area contributed by atoms with E-state index in [9.17, 15) is 14.9 Å². The van der Waals surface area contributed by atoms with Crippen molar-refractivity contribution < 1.29 is 14.5 Å². The number of nitrogens with zero attached hydrogens (tertiary/aromatic N) is 1. The van der Waals surface area contributed by atoms with Gasteiger partial charge in [-0.25, -0.2) is 0 Å². The van der Waals surface area contributed by atoms with Crippen LogP contribution in [-0.4, -0.2) is 24.0 Å². The zero-order chi connectivity index (χ0) is 18.9. The van der Waals surface area contributed by atoms with Crippen molar-refractivity contribution in [1.82, 2.24) is 5.32 Å². The Bertz CT molecular complexity index is 774. The number of para-hydroxylation sites is 1. The molecule has 1 N–H and O–H groups in total. The van der Waals surface area contributed by atoms with Crippen molar-refractivity contribution in [2.75, 3.05) is 13.2 Å². The van der Waals surface area contributed by atoms with Crippen molar-refractivity contribution >= 4 is 11.6 Å². The van der Waals surface area contributed by atoms with Gasteiger partial charge in [-0.3, -0.25) is 14.9 Å². The zero-order valence-electron chi connectivity index (χ0n) is 15.2. The molecule has 0 atom stereocenters. The topological polar surface area (TPSA) is 81.5 Å². The Kier molecular flexibility index (Phi) is 7.14. The summed E-state index contributed by atoms with van der Waals surface area (Å²) in [5.74, 6) is 0.582. The van der Waals surface area contributed by atoms with Crippen LogP contribution in [0.15, 0.2) is 42.5 Å². The molecular weight excluding hydrogens is 332 g/mol. The molecule has 2 aromatic carbocycles. The van der Waals surface area contributed by atoms with Gasteiger partial charge in [0.2, 0.25) is 0 Å². The molecule has 0 saturated heterocycles. The molecule has 0 unspecified atom stereocenters. The van der Waals surface area contributed by atoms with Crippen LogP contribution in [0.3, 0.4) is 0 Å². The second kappa shape index (κ2) is 9.56. The highest BCUT2D eigenvalue weighted by Crippen LogP contribution is 2.20. The molecule has 0 fully saturated rings. The average Bonchev–Trinajstić information content (AvgIpc) is 2.64. The van der Waals surface area contributed by atoms with Crippen molar-refractivity contribution in [1.29, 1.82) is 0 Å². The van der Waals surface area contributed by atoms with Gasteiger partial charge in [0.05, 0.1) is 11.5 Å². The van der Waals surface area contributed by atoms with E-state index in [0.29, 0.717) is 24.3 Å². The highest BCUT2D eigenvalue weighted by atomic mass is 16.6. The van der Waals surface area contributed by atoms with Crippen LogP contribution in [0, 0.1) is 17.0 Å². The van der Waals surface area contributed by atoms with Gasteiger partial charge in [0.15, 0.2) is 0 Å². The number of aryl methyl sites for hydroxylation is 2. The summed E-state index contributed by atoms with van der Waals surface area (Å²) in [5.41, 5.74) is 1.91. The molecule has 0 spiro atoms. The highest BCUT2D eigenvalue weighted by Gasteiger charge is 2.14. The quantitative estimate of drug-likeness (QED) is 0.417. The van der Waals surface area contributed by atoms with Crippen molar-refractivity contribution in [3.8, 4) is 5.75 Å². The first kappa shape index (κ1) is 19.4. The number of amides is 1. The van der Waals surface area contributed by atoms with Crippen LogP contribution in [0.4, 0.5) is 5.69 Å². The molecule has 0 radical (unpaired) electrons. The monoisotopic (exact) mass is 356 g/mol. The van der Waals surface area contributed by atoms with Crippen LogP contribution in [0.25, 0.3) is 0 Å². The van der Waals surface area contributed by atoms with Gasteiger partial charge in [0.25, 0.3) is 11.6 Å². The lowest BCUT2D eigenvalue weighted by Crippen LogP contribution is -2.24. The molecule has 138 valence electrons. The number of carbonyl (C=O) groups excluding carboxylic acids is 1. The fourth-order valence-electron chi connectivity index (χ4n) is 2.59. The normalized spacial score (nSPS) is 10.4. The fourth-order valence-corrected chi connectivity index (χ4v) is 2.59. The Morgan fingerprint density at radius 1 is 1.23 bits per heavy atom. The maximum atomic E-state index is 12.2. The van der Waals surface area contributed by atoms with Gasteiger partial charge in [-0.15, -0.1) is 0 Å². The molecule has 26 heavy (non-hydrogen) atoms. The number of rotatable bonds is 9. The predicted octanol–water partition coefficient (Wildman–Crippen LogP) is 4.05. The van der Waals surface area contributed by atoms with E-state index in [1.165, 1.54) is 6.07 Å². The minimum absolute atomic E-state index is 0.0420. The number of benzene rings is 2. The summed E-state index contributed by atoms with van der Waals surface area (Å²) < 4.78 is 5.73. The highest BCUT2D eigenvalue weighted by molar-refractivity contribution is 5.94. The summed E-state index contributed by atoms with van der Waals surface area (Å²) in [6, 6.07) is 12.4. The van der Waals surface area contributed by atoms with Gasteiger partial charge < -0.3 is 10.1 Å². The van der Waals surface area contributed by atoms with E-state index in [2.05, 4.69) is 12.2 Å². The van der Waals surface area contributed by atoms with Gasteiger partial charge >= 0.3 is 0 Å². The Morgan fingerprint density at radius 3 is 2.73 bits per heavy atom. The summed E-state index contributed by atoms with van der Waals surface area (Å²) in [4.78, 5) is 22.7. The van der Waals surface area contributed by atoms with Gasteiger partial charge in [-0.2, -0.15) is 0 Å². The largest absolute Gasteiger partial charge is 0.493 e. The van der Waals surface area contributed by atoms with Gasteiger partial charge in [0, 0.05) is 23.7 Å². The molecule has 1 amide bonds. The third-order valence-electron chi connectivity index (χ3n) is 4.01. The predicted molar refractivity (Wildman–Crippen MR) is 101 cm³/mol. The van der Waals surface area contributed by atoms with E-state index in [-0.39, 0.29) is 11.6 Å². The molecule has 0 saturated carbocycles. The lowest BCUT2D eigenvalue weighted by molar-refractivity contribution is -0.385. The average molecular weight is 356 g/mol. The fraction of sp³-hybridized carbons (Fsp3) is 0.350. The maximum Gasteiger partial charge on any atom is 0.273 e. The van der Waals surface area contributed by atoms with Crippen molar-refractivity contribution in [3.63, 3.8) is 0 Å². The van der Waals surface area contributed by atoms with E-state index in [1.54, 1.807) is 19.1 Å². The second-order valence-electron chi connectivity index (χ2n) is 6.07. The molecule has 2 aromatic rings. The zero-order valence-corrected chi connectivity index (χ0v) is 15.2. The van der Waals surface area contributed by atoms with Crippen LogP contribution < -0.4 is 10.1 Å². The Balaban J connectivity index is 1.88. The molecular formula is C20H24N2O4. The Labute approximate surface area is 153 Å². The minimum Gasteiger partial charge on any atom is -0.493 e. The van der Waals surface area contributed by atoms with E-state index in [1.807, 2.05) is 24.3 Å². The summed E-state index contributed by atoms with van der Waals surface area (Å²) in [7, 11) is 0. The van der Waals surface area contributed by atoms with Crippen LogP contribution in [0.1, 0.15) is 41.3 Å². The number of nitro groups is 1. The lowest BCUT2D eigenvalue weighted by Gasteiger charge is -2.11. The minimum atomic E-state index is -0.473. The number of hydrogen-bond acceptors (Lipinski definition) is 4. The van der Waals surface area contributed by atoms with Crippen molar-refractivity contribution in [2.45, 2.75) is 33.1 Å². The van der Waals surface area contributed by atoms with Crippen molar-refractivity contribution in [2.24, 2.45) is 0 Å². The molecule has 2 rings (SSSR count). The number of ether oxygens (including phenoxy) is 1. The number of nitro benzene ring substituents is 1. The molecule has 6 nitrogen and oxygen atoms in total. The molecule has 0 aliphatic carbocycles. The first-order valence-electron chi connectivity index (χ1n) is 8.77. The summed E-state index contributed by atoms with van der Waals surface area (Å²) in [5, 5.41) is 13.8. The Morgan fingerprint density at radius 2 is 2.00 bits per heavy atom. The molecule has 0 heterocycles. The SMILES string of the molecule is CCCOc1ccccc1CCCNC(=O)c1ccc(C)c([N+](=O)[O-])c1. The van der Waals surface area contributed by atoms with Gasteiger partial charge in [0.1, 0.15) is 5.75 Å². The molecule has 0 aliphatic rings. The maximum absolute atomic E-state index is 12.2. The summed E-state index contributed by atoms with van der Waals surface area (Å²) >= 11 is 0. The van der Waals surface area contributed by atoms with Crippen LogP contribution in [0.2, 0.25) is 0 Å². The number of hydrogen-bond donors (Lipinski definition) is 1. The third kappa shape index (κ3) is 5.31. The first-order chi connectivity index (χ1) is 12.5. The van der Waals surface area contributed by atoms with Gasteiger partial charge in [-0.05, 0) is 43.9 Å². The van der Waals surface area contributed by atoms with Crippen molar-refractivity contribution in [3.05, 3.63) is 69.3 Å². The van der Waals surface area contributed by atoms with Gasteiger partial charge in [-0.1, -0.05) is 31.2 Å². The molecule has 0 aliphatic heterocycles.